The Hall–Kier alpha value is -2.28. The van der Waals surface area contributed by atoms with Gasteiger partial charge in [0.2, 0.25) is 0 Å². The minimum absolute atomic E-state index is 0.180. The van der Waals surface area contributed by atoms with E-state index in [0.29, 0.717) is 50.4 Å². The van der Waals surface area contributed by atoms with Gasteiger partial charge in [0.1, 0.15) is 5.75 Å². The first-order valence-electron chi connectivity index (χ1n) is 9.59. The number of rotatable bonds is 6. The molecule has 28 heavy (non-hydrogen) atoms. The number of halogens is 3. The van der Waals surface area contributed by atoms with Crippen LogP contribution in [0.2, 0.25) is 0 Å². The molecule has 7 heteroatoms. The number of piperidine rings is 1. The molecule has 1 aliphatic rings. The predicted molar refractivity (Wildman–Crippen MR) is 103 cm³/mol. The zero-order valence-corrected chi connectivity index (χ0v) is 15.9. The molecule has 3 rings (SSSR count). The Bertz CT molecular complexity index is 815. The molecule has 152 valence electrons. The average molecular weight is 394 g/mol. The molecule has 1 fully saturated rings. The number of likely N-dealkylation sites (tertiary alicyclic amines) is 1. The van der Waals surface area contributed by atoms with Gasteiger partial charge in [-0.3, -0.25) is 9.69 Å². The first-order chi connectivity index (χ1) is 13.4. The molecule has 1 amide bonds. The van der Waals surface area contributed by atoms with Gasteiger partial charge in [0.25, 0.3) is 5.91 Å². The number of carbonyl (C=O) groups excluding carboxylic acids is 1. The average Bonchev–Trinajstić information content (AvgIpc) is 2.66. The quantitative estimate of drug-likeness (QED) is 0.797. The normalized spacial score (nSPS) is 16.3. The highest BCUT2D eigenvalue weighted by molar-refractivity contribution is 6.09. The second kappa shape index (κ2) is 8.82. The maximum Gasteiger partial charge on any atom is 0.401 e. The van der Waals surface area contributed by atoms with Crippen LogP contribution >= 0.6 is 0 Å². The molecule has 0 spiro atoms. The van der Waals surface area contributed by atoms with Gasteiger partial charge in [-0.05, 0) is 55.6 Å². The third kappa shape index (κ3) is 5.16. The molecule has 0 bridgehead atoms. The van der Waals surface area contributed by atoms with Gasteiger partial charge in [-0.2, -0.15) is 13.2 Å². The Balaban J connectivity index is 1.63. The van der Waals surface area contributed by atoms with Gasteiger partial charge < -0.3 is 10.1 Å². The molecule has 0 aromatic heterocycles. The standard InChI is InChI=1S/C21H25F3N2O2/c1-2-28-18-8-7-16-5-3-4-6-17(16)19(18)20(27)25-13-15-9-11-26(12-10-15)14-21(22,23)24/h3-8,15H,2,9-14H2,1H3,(H,25,27). The van der Waals surface area contributed by atoms with Crippen molar-refractivity contribution in [3.8, 4) is 5.75 Å². The predicted octanol–water partition coefficient (Wildman–Crippen LogP) is 4.24. The lowest BCUT2D eigenvalue weighted by molar-refractivity contribution is -0.148. The number of benzene rings is 2. The minimum atomic E-state index is -4.16. The van der Waals surface area contributed by atoms with Crippen molar-refractivity contribution in [3.63, 3.8) is 0 Å². The number of alkyl halides is 3. The molecule has 0 atom stereocenters. The van der Waals surface area contributed by atoms with Gasteiger partial charge in [-0.15, -0.1) is 0 Å². The van der Waals surface area contributed by atoms with Crippen LogP contribution in [0, 0.1) is 5.92 Å². The lowest BCUT2D eigenvalue weighted by Crippen LogP contribution is -2.42. The molecule has 0 aliphatic carbocycles. The number of fused-ring (bicyclic) bond motifs is 1. The molecule has 1 N–H and O–H groups in total. The maximum atomic E-state index is 12.9. The smallest absolute Gasteiger partial charge is 0.401 e. The van der Waals surface area contributed by atoms with Crippen LogP contribution < -0.4 is 10.1 Å². The number of nitrogens with zero attached hydrogens (tertiary/aromatic N) is 1. The van der Waals surface area contributed by atoms with Gasteiger partial charge in [-0.1, -0.05) is 30.3 Å². The zero-order valence-electron chi connectivity index (χ0n) is 15.9. The van der Waals surface area contributed by atoms with Crippen LogP contribution in [0.25, 0.3) is 10.8 Å². The van der Waals surface area contributed by atoms with E-state index in [0.717, 1.165) is 10.8 Å². The number of hydrogen-bond acceptors (Lipinski definition) is 3. The maximum absolute atomic E-state index is 12.9. The highest BCUT2D eigenvalue weighted by Crippen LogP contribution is 2.28. The van der Waals surface area contributed by atoms with Crippen molar-refractivity contribution < 1.29 is 22.7 Å². The topological polar surface area (TPSA) is 41.6 Å². The lowest BCUT2D eigenvalue weighted by atomic mass is 9.96. The van der Waals surface area contributed by atoms with Crippen molar-refractivity contribution in [2.45, 2.75) is 25.9 Å². The van der Waals surface area contributed by atoms with Crippen molar-refractivity contribution in [1.82, 2.24) is 10.2 Å². The van der Waals surface area contributed by atoms with E-state index in [4.69, 9.17) is 4.74 Å². The number of carbonyl (C=O) groups is 1. The number of nitrogens with one attached hydrogen (secondary N) is 1. The van der Waals surface area contributed by atoms with E-state index in [9.17, 15) is 18.0 Å². The van der Waals surface area contributed by atoms with Gasteiger partial charge in [0.05, 0.1) is 18.7 Å². The van der Waals surface area contributed by atoms with Crippen LogP contribution in [-0.4, -0.2) is 49.8 Å². The van der Waals surface area contributed by atoms with E-state index >= 15 is 0 Å². The van der Waals surface area contributed by atoms with Crippen LogP contribution in [0.1, 0.15) is 30.1 Å². The highest BCUT2D eigenvalue weighted by Gasteiger charge is 2.32. The van der Waals surface area contributed by atoms with E-state index < -0.39 is 12.7 Å². The molecule has 0 saturated carbocycles. The van der Waals surface area contributed by atoms with Crippen LogP contribution in [0.3, 0.4) is 0 Å². The highest BCUT2D eigenvalue weighted by atomic mass is 19.4. The van der Waals surface area contributed by atoms with Crippen LogP contribution in [0.5, 0.6) is 5.75 Å². The summed E-state index contributed by atoms with van der Waals surface area (Å²) in [6.45, 7) is 2.71. The number of hydrogen-bond donors (Lipinski definition) is 1. The zero-order chi connectivity index (χ0) is 20.1. The van der Waals surface area contributed by atoms with Crippen LogP contribution in [0.15, 0.2) is 36.4 Å². The summed E-state index contributed by atoms with van der Waals surface area (Å²) in [7, 11) is 0. The lowest BCUT2D eigenvalue weighted by Gasteiger charge is -2.32. The Labute approximate surface area is 162 Å². The van der Waals surface area contributed by atoms with E-state index in [1.807, 2.05) is 37.3 Å². The second-order valence-electron chi connectivity index (χ2n) is 7.14. The van der Waals surface area contributed by atoms with Gasteiger partial charge in [0, 0.05) is 6.54 Å². The van der Waals surface area contributed by atoms with Crippen molar-refractivity contribution >= 4 is 16.7 Å². The largest absolute Gasteiger partial charge is 0.493 e. The summed E-state index contributed by atoms with van der Waals surface area (Å²) in [5.41, 5.74) is 0.509. The van der Waals surface area contributed by atoms with E-state index in [2.05, 4.69) is 5.32 Å². The van der Waals surface area contributed by atoms with Gasteiger partial charge in [0.15, 0.2) is 0 Å². The Morgan fingerprint density at radius 1 is 1.18 bits per heavy atom. The fourth-order valence-corrected chi connectivity index (χ4v) is 3.69. The Morgan fingerprint density at radius 2 is 1.89 bits per heavy atom. The third-order valence-electron chi connectivity index (χ3n) is 5.08. The molecule has 1 heterocycles. The van der Waals surface area contributed by atoms with Crippen LogP contribution in [-0.2, 0) is 0 Å². The molecule has 1 aliphatic heterocycles. The number of ether oxygens (including phenoxy) is 1. The molecule has 2 aromatic rings. The van der Waals surface area contributed by atoms with Crippen molar-refractivity contribution in [2.24, 2.45) is 5.92 Å². The fourth-order valence-electron chi connectivity index (χ4n) is 3.69. The van der Waals surface area contributed by atoms with Gasteiger partial charge in [-0.25, -0.2) is 0 Å². The molecule has 1 saturated heterocycles. The summed E-state index contributed by atoms with van der Waals surface area (Å²) in [5, 5.41) is 4.74. The summed E-state index contributed by atoms with van der Waals surface area (Å²) < 4.78 is 43.1. The molecular formula is C21H25F3N2O2. The molecule has 2 aromatic carbocycles. The Morgan fingerprint density at radius 3 is 2.57 bits per heavy atom. The second-order valence-corrected chi connectivity index (χ2v) is 7.14. The van der Waals surface area contributed by atoms with E-state index in [-0.39, 0.29) is 11.8 Å². The van der Waals surface area contributed by atoms with Crippen LogP contribution in [0.4, 0.5) is 13.2 Å². The van der Waals surface area contributed by atoms with E-state index in [1.54, 1.807) is 6.07 Å². The summed E-state index contributed by atoms with van der Waals surface area (Å²) in [6.07, 6.45) is -2.88. The fraction of sp³-hybridized carbons (Fsp3) is 0.476. The summed E-state index contributed by atoms with van der Waals surface area (Å²) in [5.74, 6) is 0.510. The SMILES string of the molecule is CCOc1ccc2ccccc2c1C(=O)NCC1CCN(CC(F)(F)F)CC1. The summed E-state index contributed by atoms with van der Waals surface area (Å²) >= 11 is 0. The van der Waals surface area contributed by atoms with Crippen molar-refractivity contribution in [3.05, 3.63) is 42.0 Å². The summed E-state index contributed by atoms with van der Waals surface area (Å²) in [6, 6.07) is 11.4. The monoisotopic (exact) mass is 394 g/mol. The van der Waals surface area contributed by atoms with Gasteiger partial charge >= 0.3 is 6.18 Å². The molecule has 0 radical (unpaired) electrons. The van der Waals surface area contributed by atoms with Crippen molar-refractivity contribution in [1.29, 1.82) is 0 Å². The molecule has 0 unspecified atom stereocenters. The first-order valence-corrected chi connectivity index (χ1v) is 9.59. The number of amides is 1. The minimum Gasteiger partial charge on any atom is -0.493 e. The molecule has 4 nitrogen and oxygen atoms in total. The first kappa shape index (κ1) is 20.5. The third-order valence-corrected chi connectivity index (χ3v) is 5.08. The van der Waals surface area contributed by atoms with E-state index in [1.165, 1.54) is 4.90 Å². The van der Waals surface area contributed by atoms with Crippen molar-refractivity contribution in [2.75, 3.05) is 32.8 Å². The summed E-state index contributed by atoms with van der Waals surface area (Å²) in [4.78, 5) is 14.3. The molecular weight excluding hydrogens is 369 g/mol. The Kier molecular flexibility index (Phi) is 6.44.